The van der Waals surface area contributed by atoms with Crippen LogP contribution in [0.5, 0.6) is 5.75 Å². The zero-order chi connectivity index (χ0) is 18.8. The minimum atomic E-state index is -0.358. The fourth-order valence-corrected chi connectivity index (χ4v) is 2.07. The second-order valence-electron chi connectivity index (χ2n) is 5.50. The van der Waals surface area contributed by atoms with Crippen molar-refractivity contribution in [3.05, 3.63) is 72.8 Å². The van der Waals surface area contributed by atoms with Crippen LogP contribution in [-0.4, -0.2) is 24.1 Å². The number of hydrogen-bond acceptors (Lipinski definition) is 4. The molecule has 0 bridgehead atoms. The smallest absolute Gasteiger partial charge is 0.271 e. The van der Waals surface area contributed by atoms with Crippen molar-refractivity contribution in [2.45, 2.75) is 13.3 Å². The summed E-state index contributed by atoms with van der Waals surface area (Å²) in [6.45, 7) is 5.65. The number of nitrogens with zero attached hydrogens (tertiary/aromatic N) is 1. The Morgan fingerprint density at radius 3 is 2.46 bits per heavy atom. The van der Waals surface area contributed by atoms with Crippen LogP contribution >= 0.6 is 0 Å². The van der Waals surface area contributed by atoms with E-state index in [9.17, 15) is 9.59 Å². The molecule has 0 aliphatic rings. The first-order valence-electron chi connectivity index (χ1n) is 8.10. The molecule has 2 rings (SSSR count). The van der Waals surface area contributed by atoms with Crippen molar-refractivity contribution in [1.82, 2.24) is 5.43 Å². The Morgan fingerprint density at radius 2 is 1.81 bits per heavy atom. The van der Waals surface area contributed by atoms with Gasteiger partial charge in [-0.3, -0.25) is 9.59 Å². The number of nitrogens with one attached hydrogen (secondary N) is 2. The minimum absolute atomic E-state index is 0.0868. The van der Waals surface area contributed by atoms with Crippen LogP contribution in [0.1, 0.15) is 23.7 Å². The van der Waals surface area contributed by atoms with Gasteiger partial charge in [-0.15, -0.1) is 0 Å². The Hall–Kier alpha value is -3.41. The van der Waals surface area contributed by atoms with Crippen LogP contribution in [0.2, 0.25) is 0 Å². The van der Waals surface area contributed by atoms with Crippen LogP contribution in [0.4, 0.5) is 5.69 Å². The maximum Gasteiger partial charge on any atom is 0.271 e. The molecule has 2 amide bonds. The van der Waals surface area contributed by atoms with Gasteiger partial charge in [0.1, 0.15) is 12.4 Å². The van der Waals surface area contributed by atoms with Crippen molar-refractivity contribution in [2.75, 3.05) is 11.9 Å². The predicted molar refractivity (Wildman–Crippen MR) is 102 cm³/mol. The number of hydrogen-bond donors (Lipinski definition) is 2. The average molecular weight is 351 g/mol. The number of para-hydroxylation sites is 1. The number of benzene rings is 2. The van der Waals surface area contributed by atoms with E-state index in [0.717, 1.165) is 0 Å². The van der Waals surface area contributed by atoms with E-state index < -0.39 is 0 Å². The standard InChI is InChI=1S/C20H21N3O3/c1-3-13-26-18-11-9-16(10-12-18)20(25)23-22-15(2)14-19(24)21-17-7-5-4-6-8-17/h3-12H,1,13-14H2,2H3,(H,21,24)(H,23,25). The van der Waals surface area contributed by atoms with Gasteiger partial charge in [-0.2, -0.15) is 5.10 Å². The second-order valence-corrected chi connectivity index (χ2v) is 5.50. The van der Waals surface area contributed by atoms with Crippen LogP contribution in [0, 0.1) is 0 Å². The van der Waals surface area contributed by atoms with Crippen molar-refractivity contribution in [1.29, 1.82) is 0 Å². The summed E-state index contributed by atoms with van der Waals surface area (Å²) >= 11 is 0. The van der Waals surface area contributed by atoms with Crippen LogP contribution in [0.15, 0.2) is 72.4 Å². The molecule has 0 spiro atoms. The molecule has 2 N–H and O–H groups in total. The molecule has 6 nitrogen and oxygen atoms in total. The summed E-state index contributed by atoms with van der Waals surface area (Å²) in [5, 5.41) is 6.73. The summed E-state index contributed by atoms with van der Waals surface area (Å²) in [6.07, 6.45) is 1.73. The van der Waals surface area contributed by atoms with Crippen LogP contribution < -0.4 is 15.5 Å². The largest absolute Gasteiger partial charge is 0.490 e. The van der Waals surface area contributed by atoms with Gasteiger partial charge in [0.25, 0.3) is 5.91 Å². The lowest BCUT2D eigenvalue weighted by atomic mass is 10.2. The molecular weight excluding hydrogens is 330 g/mol. The van der Waals surface area contributed by atoms with E-state index in [4.69, 9.17) is 4.74 Å². The molecule has 0 atom stereocenters. The van der Waals surface area contributed by atoms with Crippen molar-refractivity contribution >= 4 is 23.2 Å². The van der Waals surface area contributed by atoms with Gasteiger partial charge in [0.2, 0.25) is 5.91 Å². The lowest BCUT2D eigenvalue weighted by molar-refractivity contribution is -0.115. The van der Waals surface area contributed by atoms with Crippen LogP contribution in [0.3, 0.4) is 0 Å². The van der Waals surface area contributed by atoms with E-state index in [-0.39, 0.29) is 18.2 Å². The highest BCUT2D eigenvalue weighted by Gasteiger charge is 2.07. The van der Waals surface area contributed by atoms with E-state index in [2.05, 4.69) is 22.4 Å². The maximum atomic E-state index is 12.1. The first-order chi connectivity index (χ1) is 12.6. The molecule has 134 valence electrons. The van der Waals surface area contributed by atoms with Gasteiger partial charge in [-0.05, 0) is 43.3 Å². The molecule has 0 saturated heterocycles. The summed E-state index contributed by atoms with van der Waals surface area (Å²) in [7, 11) is 0. The highest BCUT2D eigenvalue weighted by Crippen LogP contribution is 2.12. The number of ether oxygens (including phenoxy) is 1. The lowest BCUT2D eigenvalue weighted by Crippen LogP contribution is -2.21. The van der Waals surface area contributed by atoms with Gasteiger partial charge in [0.15, 0.2) is 0 Å². The maximum absolute atomic E-state index is 12.1. The fraction of sp³-hybridized carbons (Fsp3) is 0.150. The summed E-state index contributed by atoms with van der Waals surface area (Å²) in [6, 6.07) is 15.8. The minimum Gasteiger partial charge on any atom is -0.490 e. The van der Waals surface area contributed by atoms with Gasteiger partial charge < -0.3 is 10.1 Å². The summed E-state index contributed by atoms with van der Waals surface area (Å²) in [5.74, 6) is 0.0947. The first kappa shape index (κ1) is 18.9. The fourth-order valence-electron chi connectivity index (χ4n) is 2.07. The van der Waals surface area contributed by atoms with Crippen molar-refractivity contribution in [3.63, 3.8) is 0 Å². The van der Waals surface area contributed by atoms with E-state index >= 15 is 0 Å². The third kappa shape index (κ3) is 6.24. The van der Waals surface area contributed by atoms with E-state index in [0.29, 0.717) is 29.3 Å². The molecule has 0 aliphatic carbocycles. The van der Waals surface area contributed by atoms with Crippen LogP contribution in [-0.2, 0) is 4.79 Å². The van der Waals surface area contributed by atoms with Gasteiger partial charge in [0.05, 0.1) is 6.42 Å². The third-order valence-electron chi connectivity index (χ3n) is 3.31. The van der Waals surface area contributed by atoms with Crippen molar-refractivity contribution in [3.8, 4) is 5.75 Å². The lowest BCUT2D eigenvalue weighted by Gasteiger charge is -2.06. The van der Waals surface area contributed by atoms with E-state index in [1.807, 2.05) is 18.2 Å². The molecular formula is C20H21N3O3. The number of amides is 2. The Labute approximate surface area is 152 Å². The van der Waals surface area contributed by atoms with E-state index in [1.54, 1.807) is 49.4 Å². The highest BCUT2D eigenvalue weighted by atomic mass is 16.5. The zero-order valence-corrected chi connectivity index (χ0v) is 14.6. The molecule has 2 aromatic rings. The number of rotatable bonds is 8. The third-order valence-corrected chi connectivity index (χ3v) is 3.31. The van der Waals surface area contributed by atoms with Gasteiger partial charge >= 0.3 is 0 Å². The molecule has 0 fully saturated rings. The first-order valence-corrected chi connectivity index (χ1v) is 8.10. The number of hydrazone groups is 1. The van der Waals surface area contributed by atoms with Crippen molar-refractivity contribution < 1.29 is 14.3 Å². The second kappa shape index (κ2) is 9.78. The Kier molecular flexibility index (Phi) is 7.12. The zero-order valence-electron chi connectivity index (χ0n) is 14.6. The highest BCUT2D eigenvalue weighted by molar-refractivity contribution is 6.06. The molecule has 0 saturated carbocycles. The van der Waals surface area contributed by atoms with Gasteiger partial charge in [-0.1, -0.05) is 30.9 Å². The summed E-state index contributed by atoms with van der Waals surface area (Å²) < 4.78 is 5.36. The molecule has 26 heavy (non-hydrogen) atoms. The molecule has 0 radical (unpaired) electrons. The Bertz CT molecular complexity index is 784. The molecule has 0 aliphatic heterocycles. The Balaban J connectivity index is 1.84. The monoisotopic (exact) mass is 351 g/mol. The van der Waals surface area contributed by atoms with Gasteiger partial charge in [0, 0.05) is 17.0 Å². The molecule has 2 aromatic carbocycles. The number of carbonyl (C=O) groups is 2. The number of anilines is 1. The molecule has 0 unspecified atom stereocenters. The topological polar surface area (TPSA) is 79.8 Å². The van der Waals surface area contributed by atoms with Crippen LogP contribution in [0.25, 0.3) is 0 Å². The molecule has 6 heteroatoms. The summed E-state index contributed by atoms with van der Waals surface area (Å²) in [4.78, 5) is 24.0. The SMILES string of the molecule is C=CCOc1ccc(C(=O)NN=C(C)CC(=O)Nc2ccccc2)cc1. The van der Waals surface area contributed by atoms with E-state index in [1.165, 1.54) is 0 Å². The number of carbonyl (C=O) groups excluding carboxylic acids is 2. The predicted octanol–water partition coefficient (Wildman–Crippen LogP) is 3.39. The average Bonchev–Trinajstić information content (AvgIpc) is 2.65. The molecule has 0 aromatic heterocycles. The Morgan fingerprint density at radius 1 is 1.12 bits per heavy atom. The normalized spacial score (nSPS) is 10.7. The molecule has 0 heterocycles. The quantitative estimate of drug-likeness (QED) is 0.435. The van der Waals surface area contributed by atoms with Gasteiger partial charge in [-0.25, -0.2) is 5.43 Å². The van der Waals surface area contributed by atoms with Crippen molar-refractivity contribution in [2.24, 2.45) is 5.10 Å². The summed E-state index contributed by atoms with van der Waals surface area (Å²) in [5.41, 5.74) is 4.10.